The van der Waals surface area contributed by atoms with Gasteiger partial charge in [0.1, 0.15) is 11.6 Å². The molecule has 2 aromatic carbocycles. The Morgan fingerprint density at radius 2 is 2.04 bits per heavy atom. The summed E-state index contributed by atoms with van der Waals surface area (Å²) in [6.45, 7) is 3.81. The molecule has 1 unspecified atom stereocenters. The lowest BCUT2D eigenvalue weighted by atomic mass is 9.92. The predicted molar refractivity (Wildman–Crippen MR) is 111 cm³/mol. The standard InChI is InChI=1S/C23H24N4O/c1-15-13-24-21(25-15)14-27-11-10-19-18-8-3-4-9-20(18)26-22(19)23(27)16-6-5-7-17(12-16)28-2/h3-9,12-13,23,26H,10-11,14H2,1-2H3,(H,24,25). The minimum atomic E-state index is 0.136. The van der Waals surface area contributed by atoms with Crippen LogP contribution < -0.4 is 4.74 Å². The highest BCUT2D eigenvalue weighted by Gasteiger charge is 2.32. The maximum absolute atomic E-state index is 5.50. The van der Waals surface area contributed by atoms with Crippen LogP contribution in [0.25, 0.3) is 10.9 Å². The van der Waals surface area contributed by atoms with E-state index in [1.54, 1.807) is 7.11 Å². The van der Waals surface area contributed by atoms with Crippen molar-refractivity contribution >= 4 is 10.9 Å². The van der Waals surface area contributed by atoms with Gasteiger partial charge in [-0.1, -0.05) is 30.3 Å². The SMILES string of the molecule is COc1cccc(C2c3[nH]c4ccccc4c3CCN2Cc2ncc(C)[nH]2)c1. The van der Waals surface area contributed by atoms with Gasteiger partial charge in [-0.15, -0.1) is 0 Å². The first-order valence-electron chi connectivity index (χ1n) is 9.71. The number of hydrogen-bond donors (Lipinski definition) is 2. The van der Waals surface area contributed by atoms with Crippen molar-refractivity contribution in [2.24, 2.45) is 0 Å². The Morgan fingerprint density at radius 3 is 2.86 bits per heavy atom. The molecule has 2 N–H and O–H groups in total. The summed E-state index contributed by atoms with van der Waals surface area (Å²) in [4.78, 5) is 14.1. The van der Waals surface area contributed by atoms with Crippen molar-refractivity contribution in [3.63, 3.8) is 0 Å². The fraction of sp³-hybridized carbons (Fsp3) is 0.261. The maximum atomic E-state index is 5.50. The Kier molecular flexibility index (Phi) is 4.17. The highest BCUT2D eigenvalue weighted by atomic mass is 16.5. The van der Waals surface area contributed by atoms with Crippen LogP contribution in [0.2, 0.25) is 0 Å². The van der Waals surface area contributed by atoms with Gasteiger partial charge in [0.2, 0.25) is 0 Å². The van der Waals surface area contributed by atoms with Crippen molar-refractivity contribution in [1.82, 2.24) is 19.9 Å². The molecule has 142 valence electrons. The van der Waals surface area contributed by atoms with E-state index in [-0.39, 0.29) is 6.04 Å². The summed E-state index contributed by atoms with van der Waals surface area (Å²) in [5, 5.41) is 1.33. The molecule has 5 heteroatoms. The first-order valence-corrected chi connectivity index (χ1v) is 9.71. The molecule has 28 heavy (non-hydrogen) atoms. The van der Waals surface area contributed by atoms with Gasteiger partial charge in [-0.05, 0) is 42.7 Å². The predicted octanol–water partition coefficient (Wildman–Crippen LogP) is 4.36. The number of fused-ring (bicyclic) bond motifs is 3. The van der Waals surface area contributed by atoms with Crippen molar-refractivity contribution in [3.05, 3.63) is 83.1 Å². The molecule has 2 aromatic heterocycles. The number of hydrogen-bond acceptors (Lipinski definition) is 3. The molecule has 0 radical (unpaired) electrons. The Labute approximate surface area is 164 Å². The number of methoxy groups -OCH3 is 1. The van der Waals surface area contributed by atoms with Gasteiger partial charge in [0.15, 0.2) is 0 Å². The molecular formula is C23H24N4O. The number of aromatic nitrogens is 3. The molecule has 0 spiro atoms. The number of H-pyrrole nitrogens is 2. The number of ether oxygens (including phenoxy) is 1. The van der Waals surface area contributed by atoms with Gasteiger partial charge in [0.05, 0.1) is 19.7 Å². The molecule has 1 atom stereocenters. The first kappa shape index (κ1) is 17.1. The average Bonchev–Trinajstić information content (AvgIpc) is 3.30. The van der Waals surface area contributed by atoms with Crippen molar-refractivity contribution in [3.8, 4) is 5.75 Å². The van der Waals surface area contributed by atoms with Gasteiger partial charge in [-0.2, -0.15) is 0 Å². The number of rotatable bonds is 4. The first-order chi connectivity index (χ1) is 13.7. The number of aryl methyl sites for hydroxylation is 1. The number of aromatic amines is 2. The van der Waals surface area contributed by atoms with Gasteiger partial charge in [-0.25, -0.2) is 4.98 Å². The molecule has 1 aliphatic heterocycles. The second-order valence-electron chi connectivity index (χ2n) is 7.48. The van der Waals surface area contributed by atoms with Gasteiger partial charge < -0.3 is 14.7 Å². The normalized spacial score (nSPS) is 17.0. The minimum absolute atomic E-state index is 0.136. The lowest BCUT2D eigenvalue weighted by Crippen LogP contribution is -2.36. The van der Waals surface area contributed by atoms with Crippen LogP contribution in [0.5, 0.6) is 5.75 Å². The van der Waals surface area contributed by atoms with E-state index >= 15 is 0 Å². The van der Waals surface area contributed by atoms with Crippen LogP contribution in [-0.4, -0.2) is 33.5 Å². The van der Waals surface area contributed by atoms with E-state index in [1.807, 2.05) is 19.2 Å². The van der Waals surface area contributed by atoms with Crippen LogP contribution in [0, 0.1) is 6.92 Å². The second kappa shape index (κ2) is 6.84. The quantitative estimate of drug-likeness (QED) is 0.560. The van der Waals surface area contributed by atoms with Crippen LogP contribution in [0.3, 0.4) is 0 Å². The molecule has 0 saturated heterocycles. The summed E-state index contributed by atoms with van der Waals surface area (Å²) in [6, 6.07) is 17.1. The highest BCUT2D eigenvalue weighted by Crippen LogP contribution is 2.39. The summed E-state index contributed by atoms with van der Waals surface area (Å²) in [5.74, 6) is 1.89. The molecule has 5 nitrogen and oxygen atoms in total. The smallest absolute Gasteiger partial charge is 0.120 e. The number of nitrogens with one attached hydrogen (secondary N) is 2. The summed E-state index contributed by atoms with van der Waals surface area (Å²) < 4.78 is 5.50. The van der Waals surface area contributed by atoms with Crippen molar-refractivity contribution in [2.75, 3.05) is 13.7 Å². The van der Waals surface area contributed by atoms with E-state index in [0.717, 1.165) is 36.8 Å². The van der Waals surface area contributed by atoms with E-state index in [4.69, 9.17) is 4.74 Å². The molecule has 0 fully saturated rings. The Bertz CT molecular complexity index is 1130. The van der Waals surface area contributed by atoms with Crippen LogP contribution in [-0.2, 0) is 13.0 Å². The van der Waals surface area contributed by atoms with E-state index < -0.39 is 0 Å². The largest absolute Gasteiger partial charge is 0.497 e. The summed E-state index contributed by atoms with van der Waals surface area (Å²) in [6.07, 6.45) is 2.92. The number of imidazole rings is 1. The fourth-order valence-electron chi connectivity index (χ4n) is 4.39. The Hall–Kier alpha value is -3.05. The van der Waals surface area contributed by atoms with E-state index in [9.17, 15) is 0 Å². The number of benzene rings is 2. The lowest BCUT2D eigenvalue weighted by Gasteiger charge is -2.35. The molecule has 0 amide bonds. The van der Waals surface area contributed by atoms with Crippen molar-refractivity contribution in [2.45, 2.75) is 25.9 Å². The van der Waals surface area contributed by atoms with Crippen LogP contribution in [0.15, 0.2) is 54.7 Å². The molecule has 3 heterocycles. The van der Waals surface area contributed by atoms with E-state index in [0.29, 0.717) is 0 Å². The minimum Gasteiger partial charge on any atom is -0.497 e. The maximum Gasteiger partial charge on any atom is 0.120 e. The molecule has 0 aliphatic carbocycles. The van der Waals surface area contributed by atoms with Crippen LogP contribution in [0.1, 0.15) is 34.4 Å². The molecule has 0 bridgehead atoms. The Balaban J connectivity index is 1.63. The number of nitrogens with zero attached hydrogens (tertiary/aromatic N) is 2. The van der Waals surface area contributed by atoms with Gasteiger partial charge in [0, 0.05) is 35.0 Å². The molecule has 1 aliphatic rings. The van der Waals surface area contributed by atoms with Gasteiger partial charge in [-0.3, -0.25) is 4.90 Å². The van der Waals surface area contributed by atoms with Crippen molar-refractivity contribution in [1.29, 1.82) is 0 Å². The zero-order valence-corrected chi connectivity index (χ0v) is 16.2. The summed E-state index contributed by atoms with van der Waals surface area (Å²) >= 11 is 0. The number of para-hydroxylation sites is 1. The van der Waals surface area contributed by atoms with Crippen LogP contribution in [0.4, 0.5) is 0 Å². The summed E-state index contributed by atoms with van der Waals surface area (Å²) in [7, 11) is 1.72. The third kappa shape index (κ3) is 2.88. The summed E-state index contributed by atoms with van der Waals surface area (Å²) in [5.41, 5.74) is 6.24. The fourth-order valence-corrected chi connectivity index (χ4v) is 4.39. The second-order valence-corrected chi connectivity index (χ2v) is 7.48. The Morgan fingerprint density at radius 1 is 1.14 bits per heavy atom. The van der Waals surface area contributed by atoms with Gasteiger partial charge in [0.25, 0.3) is 0 Å². The molecular weight excluding hydrogens is 348 g/mol. The zero-order chi connectivity index (χ0) is 19.1. The van der Waals surface area contributed by atoms with Crippen LogP contribution >= 0.6 is 0 Å². The molecule has 5 rings (SSSR count). The topological polar surface area (TPSA) is 56.9 Å². The van der Waals surface area contributed by atoms with Crippen molar-refractivity contribution < 1.29 is 4.74 Å². The highest BCUT2D eigenvalue weighted by molar-refractivity contribution is 5.85. The van der Waals surface area contributed by atoms with E-state index in [1.165, 1.54) is 27.7 Å². The van der Waals surface area contributed by atoms with E-state index in [2.05, 4.69) is 62.3 Å². The molecule has 4 aromatic rings. The third-order valence-electron chi connectivity index (χ3n) is 5.65. The van der Waals surface area contributed by atoms with Gasteiger partial charge >= 0.3 is 0 Å². The monoisotopic (exact) mass is 372 g/mol. The average molecular weight is 372 g/mol. The zero-order valence-electron chi connectivity index (χ0n) is 16.2. The molecule has 0 saturated carbocycles. The lowest BCUT2D eigenvalue weighted by molar-refractivity contribution is 0.197. The third-order valence-corrected chi connectivity index (χ3v) is 5.65.